The Kier molecular flexibility index (Phi) is 5.62. The van der Waals surface area contributed by atoms with E-state index >= 15 is 0 Å². The number of sulfonamides is 1. The molecule has 0 unspecified atom stereocenters. The lowest BCUT2D eigenvalue weighted by Crippen LogP contribution is -2.24. The van der Waals surface area contributed by atoms with Crippen LogP contribution in [0, 0.1) is 0 Å². The molecule has 21 heavy (non-hydrogen) atoms. The average molecular weight is 390 g/mol. The molecular weight excluding hydrogens is 379 g/mol. The van der Waals surface area contributed by atoms with Crippen LogP contribution in [0.5, 0.6) is 0 Å². The zero-order chi connectivity index (χ0) is 16.3. The normalized spacial score (nSPS) is 12.0. The van der Waals surface area contributed by atoms with Gasteiger partial charge >= 0.3 is 12.1 Å². The number of hydrogen-bond donors (Lipinski definition) is 1. The molecule has 0 aliphatic heterocycles. The summed E-state index contributed by atoms with van der Waals surface area (Å²) in [6.45, 7) is 1.50. The molecule has 1 aromatic rings. The van der Waals surface area contributed by atoms with Crippen molar-refractivity contribution in [2.24, 2.45) is 0 Å². The van der Waals surface area contributed by atoms with Crippen molar-refractivity contribution in [1.82, 2.24) is 0 Å². The number of hydrogen-bond acceptors (Lipinski definition) is 4. The van der Waals surface area contributed by atoms with Crippen LogP contribution in [0.4, 0.5) is 18.9 Å². The van der Waals surface area contributed by atoms with Gasteiger partial charge in [-0.3, -0.25) is 9.52 Å². The lowest BCUT2D eigenvalue weighted by atomic mass is 10.2. The first kappa shape index (κ1) is 17.8. The van der Waals surface area contributed by atoms with Crippen LogP contribution in [0.25, 0.3) is 0 Å². The quantitative estimate of drug-likeness (QED) is 0.785. The summed E-state index contributed by atoms with van der Waals surface area (Å²) >= 11 is 2.94. The maximum atomic E-state index is 12.6. The van der Waals surface area contributed by atoms with Gasteiger partial charge in [0.25, 0.3) is 0 Å². The standard InChI is InChI=1S/C11H11BrF3NO4S/c1-2-20-10(17)6-21(18,19)16-9-5-7(11(13,14)15)3-4-8(9)12/h3-5,16H,2,6H2,1H3. The number of benzene rings is 1. The highest BCUT2D eigenvalue weighted by Gasteiger charge is 2.31. The van der Waals surface area contributed by atoms with Crippen LogP contribution in [-0.2, 0) is 25.7 Å². The maximum Gasteiger partial charge on any atom is 0.416 e. The van der Waals surface area contributed by atoms with Crippen LogP contribution in [0.1, 0.15) is 12.5 Å². The van der Waals surface area contributed by atoms with Crippen molar-refractivity contribution in [1.29, 1.82) is 0 Å². The zero-order valence-corrected chi connectivity index (χ0v) is 13.1. The summed E-state index contributed by atoms with van der Waals surface area (Å²) in [5.41, 5.74) is -1.33. The van der Waals surface area contributed by atoms with Gasteiger partial charge in [0.2, 0.25) is 10.0 Å². The number of halogens is 4. The molecule has 1 N–H and O–H groups in total. The minimum atomic E-state index is -4.61. The lowest BCUT2D eigenvalue weighted by Gasteiger charge is -2.12. The minimum absolute atomic E-state index is 0.00159. The van der Waals surface area contributed by atoms with Crippen molar-refractivity contribution in [2.75, 3.05) is 17.1 Å². The molecule has 0 heterocycles. The first-order valence-corrected chi connectivity index (χ1v) is 8.02. The Bertz CT molecular complexity index is 631. The molecule has 0 spiro atoms. The van der Waals surface area contributed by atoms with Crippen molar-refractivity contribution >= 4 is 37.6 Å². The predicted octanol–water partition coefficient (Wildman–Crippen LogP) is 2.77. The number of esters is 1. The molecule has 0 fully saturated rings. The van der Waals surface area contributed by atoms with E-state index in [1.54, 1.807) is 0 Å². The van der Waals surface area contributed by atoms with E-state index in [0.717, 1.165) is 12.1 Å². The predicted molar refractivity (Wildman–Crippen MR) is 73.2 cm³/mol. The third-order valence-corrected chi connectivity index (χ3v) is 4.01. The van der Waals surface area contributed by atoms with E-state index in [4.69, 9.17) is 0 Å². The van der Waals surface area contributed by atoms with Crippen molar-refractivity contribution in [3.05, 3.63) is 28.2 Å². The summed E-state index contributed by atoms with van der Waals surface area (Å²) in [6, 6.07) is 2.49. The third-order valence-electron chi connectivity index (χ3n) is 2.17. The van der Waals surface area contributed by atoms with Gasteiger partial charge in [-0.1, -0.05) is 0 Å². The number of nitrogens with one attached hydrogen (secondary N) is 1. The second-order valence-corrected chi connectivity index (χ2v) is 6.44. The molecule has 118 valence electrons. The van der Waals surface area contributed by atoms with E-state index in [1.807, 2.05) is 4.72 Å². The summed E-state index contributed by atoms with van der Waals surface area (Å²) < 4.78 is 67.6. The Morgan fingerprint density at radius 1 is 1.38 bits per heavy atom. The molecule has 0 amide bonds. The van der Waals surface area contributed by atoms with Gasteiger partial charge in [0.05, 0.1) is 17.9 Å². The average Bonchev–Trinajstić information content (AvgIpc) is 2.29. The Hall–Kier alpha value is -1.29. The van der Waals surface area contributed by atoms with E-state index < -0.39 is 33.5 Å². The van der Waals surface area contributed by atoms with E-state index in [-0.39, 0.29) is 16.8 Å². The topological polar surface area (TPSA) is 72.5 Å². The molecule has 0 bridgehead atoms. The smallest absolute Gasteiger partial charge is 0.416 e. The Morgan fingerprint density at radius 2 is 2.00 bits per heavy atom. The first-order chi connectivity index (χ1) is 9.55. The summed E-state index contributed by atoms with van der Waals surface area (Å²) in [6.07, 6.45) is -4.61. The molecule has 1 aromatic carbocycles. The van der Waals surface area contributed by atoms with Gasteiger partial charge in [0.1, 0.15) is 0 Å². The SMILES string of the molecule is CCOC(=O)CS(=O)(=O)Nc1cc(C(F)(F)F)ccc1Br. The van der Waals surface area contributed by atoms with Crippen molar-refractivity contribution in [3.63, 3.8) is 0 Å². The second kappa shape index (κ2) is 6.65. The molecule has 0 saturated carbocycles. The van der Waals surface area contributed by atoms with Crippen molar-refractivity contribution in [3.8, 4) is 0 Å². The fourth-order valence-electron chi connectivity index (χ4n) is 1.34. The van der Waals surface area contributed by atoms with Gasteiger partial charge in [0.15, 0.2) is 5.75 Å². The second-order valence-electron chi connectivity index (χ2n) is 3.86. The fourth-order valence-corrected chi connectivity index (χ4v) is 2.79. The van der Waals surface area contributed by atoms with E-state index in [1.165, 1.54) is 6.92 Å². The molecular formula is C11H11BrF3NO4S. The highest BCUT2D eigenvalue weighted by atomic mass is 79.9. The molecule has 0 aromatic heterocycles. The van der Waals surface area contributed by atoms with Crippen LogP contribution in [0.2, 0.25) is 0 Å². The van der Waals surface area contributed by atoms with Crippen LogP contribution in [-0.4, -0.2) is 26.7 Å². The summed E-state index contributed by atoms with van der Waals surface area (Å²) in [4.78, 5) is 11.1. The number of alkyl halides is 3. The molecule has 0 atom stereocenters. The first-order valence-electron chi connectivity index (χ1n) is 5.58. The van der Waals surface area contributed by atoms with E-state index in [9.17, 15) is 26.4 Å². The molecule has 0 aliphatic carbocycles. The van der Waals surface area contributed by atoms with Crippen LogP contribution in [0.3, 0.4) is 0 Å². The minimum Gasteiger partial charge on any atom is -0.465 e. The molecule has 10 heteroatoms. The molecule has 1 rings (SSSR count). The van der Waals surface area contributed by atoms with Gasteiger partial charge in [-0.05, 0) is 41.1 Å². The van der Waals surface area contributed by atoms with Gasteiger partial charge in [-0.2, -0.15) is 13.2 Å². The number of anilines is 1. The Labute approximate surface area is 127 Å². The molecule has 0 aliphatic rings. The summed E-state index contributed by atoms with van der Waals surface area (Å²) in [7, 11) is -4.16. The molecule has 0 saturated heterocycles. The van der Waals surface area contributed by atoms with E-state index in [2.05, 4.69) is 20.7 Å². The largest absolute Gasteiger partial charge is 0.465 e. The highest BCUT2D eigenvalue weighted by molar-refractivity contribution is 9.10. The highest BCUT2D eigenvalue weighted by Crippen LogP contribution is 2.34. The maximum absolute atomic E-state index is 12.6. The van der Waals surface area contributed by atoms with Gasteiger partial charge < -0.3 is 4.74 Å². The molecule has 5 nitrogen and oxygen atoms in total. The summed E-state index contributed by atoms with van der Waals surface area (Å²) in [5.74, 6) is -1.98. The number of rotatable bonds is 5. The van der Waals surface area contributed by atoms with Crippen LogP contribution < -0.4 is 4.72 Å². The van der Waals surface area contributed by atoms with Gasteiger partial charge in [0, 0.05) is 4.47 Å². The number of ether oxygens (including phenoxy) is 1. The number of carbonyl (C=O) groups is 1. The van der Waals surface area contributed by atoms with E-state index in [0.29, 0.717) is 6.07 Å². The van der Waals surface area contributed by atoms with Crippen LogP contribution >= 0.6 is 15.9 Å². The zero-order valence-electron chi connectivity index (χ0n) is 10.7. The Morgan fingerprint density at radius 3 is 2.52 bits per heavy atom. The monoisotopic (exact) mass is 389 g/mol. The van der Waals surface area contributed by atoms with Crippen molar-refractivity contribution < 1.29 is 31.1 Å². The van der Waals surface area contributed by atoms with Gasteiger partial charge in [-0.15, -0.1) is 0 Å². The Balaban J connectivity index is 2.99. The lowest BCUT2D eigenvalue weighted by molar-refractivity contribution is -0.140. The fraction of sp³-hybridized carbons (Fsp3) is 0.364. The third kappa shape index (κ3) is 5.54. The summed E-state index contributed by atoms with van der Waals surface area (Å²) in [5, 5.41) is 0. The molecule has 0 radical (unpaired) electrons. The number of carbonyl (C=O) groups excluding carboxylic acids is 1. The van der Waals surface area contributed by atoms with Gasteiger partial charge in [-0.25, -0.2) is 8.42 Å². The van der Waals surface area contributed by atoms with Crippen molar-refractivity contribution in [2.45, 2.75) is 13.1 Å². The van der Waals surface area contributed by atoms with Crippen LogP contribution in [0.15, 0.2) is 22.7 Å².